The second-order valence-corrected chi connectivity index (χ2v) is 5.30. The first kappa shape index (κ1) is 11.7. The zero-order chi connectivity index (χ0) is 13.4. The number of para-hydroxylation sites is 1. The van der Waals surface area contributed by atoms with Crippen molar-refractivity contribution in [2.45, 2.75) is 18.9 Å². The van der Waals surface area contributed by atoms with Gasteiger partial charge < -0.3 is 9.47 Å². The predicted octanol–water partition coefficient (Wildman–Crippen LogP) is 3.80. The number of fused-ring (bicyclic) bond motifs is 2. The molecule has 0 saturated heterocycles. The summed E-state index contributed by atoms with van der Waals surface area (Å²) in [7, 11) is 0. The van der Waals surface area contributed by atoms with Crippen molar-refractivity contribution in [3.63, 3.8) is 0 Å². The maximum absolute atomic E-state index is 5.79. The summed E-state index contributed by atoms with van der Waals surface area (Å²) in [6, 6.07) is 15.0. The molecule has 2 aliphatic heterocycles. The van der Waals surface area contributed by atoms with Gasteiger partial charge in [0, 0.05) is 11.5 Å². The molecular formula is C18H16O2. The van der Waals surface area contributed by atoms with E-state index in [2.05, 4.69) is 48.5 Å². The molecule has 2 heterocycles. The summed E-state index contributed by atoms with van der Waals surface area (Å²) in [5.74, 6) is 1.28. The van der Waals surface area contributed by atoms with Crippen LogP contribution in [0, 0.1) is 0 Å². The van der Waals surface area contributed by atoms with Crippen LogP contribution >= 0.6 is 0 Å². The molecule has 2 aromatic rings. The molecule has 0 N–H and O–H groups in total. The Balaban J connectivity index is 1.84. The van der Waals surface area contributed by atoms with E-state index in [4.69, 9.17) is 9.47 Å². The third-order valence-electron chi connectivity index (χ3n) is 4.09. The summed E-state index contributed by atoms with van der Waals surface area (Å²) in [4.78, 5) is 0. The van der Waals surface area contributed by atoms with Gasteiger partial charge in [-0.05, 0) is 29.2 Å². The fourth-order valence-electron chi connectivity index (χ4n) is 3.11. The van der Waals surface area contributed by atoms with E-state index in [1.807, 2.05) is 0 Å². The normalized spacial score (nSPS) is 19.9. The Labute approximate surface area is 118 Å². The van der Waals surface area contributed by atoms with Gasteiger partial charge in [0.1, 0.15) is 5.75 Å². The van der Waals surface area contributed by atoms with Gasteiger partial charge in [-0.2, -0.15) is 0 Å². The second kappa shape index (κ2) is 4.80. The van der Waals surface area contributed by atoms with Crippen LogP contribution in [-0.4, -0.2) is 6.61 Å². The summed E-state index contributed by atoms with van der Waals surface area (Å²) >= 11 is 0. The Morgan fingerprint density at radius 3 is 2.75 bits per heavy atom. The Morgan fingerprint density at radius 2 is 1.75 bits per heavy atom. The molecule has 0 saturated carbocycles. The van der Waals surface area contributed by atoms with E-state index in [0.29, 0.717) is 6.61 Å². The van der Waals surface area contributed by atoms with Crippen LogP contribution in [0.25, 0.3) is 0 Å². The molecule has 1 atom stereocenters. The van der Waals surface area contributed by atoms with E-state index in [1.54, 1.807) is 6.26 Å². The average Bonchev–Trinajstić information content (AvgIpc) is 2.54. The highest BCUT2D eigenvalue weighted by Gasteiger charge is 2.26. The molecule has 2 nitrogen and oxygen atoms in total. The van der Waals surface area contributed by atoms with Gasteiger partial charge >= 0.3 is 0 Å². The first-order valence-electron chi connectivity index (χ1n) is 7.02. The molecule has 0 fully saturated rings. The maximum atomic E-state index is 5.79. The maximum Gasteiger partial charge on any atom is 0.133 e. The average molecular weight is 264 g/mol. The number of rotatable bonds is 1. The zero-order valence-corrected chi connectivity index (χ0v) is 11.2. The van der Waals surface area contributed by atoms with Crippen molar-refractivity contribution in [1.82, 2.24) is 0 Å². The molecule has 0 radical (unpaired) electrons. The van der Waals surface area contributed by atoms with Gasteiger partial charge in [0.2, 0.25) is 0 Å². The molecule has 2 heteroatoms. The minimum Gasteiger partial charge on any atom is -0.465 e. The minimum absolute atomic E-state index is 0.265. The number of hydrogen-bond acceptors (Lipinski definition) is 2. The van der Waals surface area contributed by atoms with E-state index in [0.717, 1.165) is 18.8 Å². The molecule has 20 heavy (non-hydrogen) atoms. The molecule has 100 valence electrons. The van der Waals surface area contributed by atoms with E-state index in [1.165, 1.54) is 22.3 Å². The minimum atomic E-state index is 0.265. The lowest BCUT2D eigenvalue weighted by molar-refractivity contribution is 0.0989. The second-order valence-electron chi connectivity index (χ2n) is 5.30. The number of ether oxygens (including phenoxy) is 2. The molecule has 0 aromatic heterocycles. The summed E-state index contributed by atoms with van der Waals surface area (Å²) < 4.78 is 11.6. The van der Waals surface area contributed by atoms with Crippen molar-refractivity contribution in [3.05, 3.63) is 77.1 Å². The lowest BCUT2D eigenvalue weighted by atomic mass is 9.85. The molecule has 1 unspecified atom stereocenters. The Bertz CT molecular complexity index is 673. The van der Waals surface area contributed by atoms with Gasteiger partial charge in [-0.15, -0.1) is 0 Å². The smallest absolute Gasteiger partial charge is 0.133 e. The Hall–Kier alpha value is -2.06. The van der Waals surface area contributed by atoms with Crippen LogP contribution < -0.4 is 4.74 Å². The molecule has 0 bridgehead atoms. The summed E-state index contributed by atoms with van der Waals surface area (Å²) in [6.45, 7) is 1.43. The summed E-state index contributed by atoms with van der Waals surface area (Å²) in [5, 5.41) is 0. The number of allylic oxidation sites excluding steroid dienone is 1. The van der Waals surface area contributed by atoms with Gasteiger partial charge in [-0.1, -0.05) is 42.5 Å². The van der Waals surface area contributed by atoms with Crippen molar-refractivity contribution < 1.29 is 9.47 Å². The summed E-state index contributed by atoms with van der Waals surface area (Å²) in [5.41, 5.74) is 5.14. The van der Waals surface area contributed by atoms with E-state index in [-0.39, 0.29) is 5.92 Å². The molecule has 0 spiro atoms. The van der Waals surface area contributed by atoms with Crippen LogP contribution in [0.15, 0.2) is 54.8 Å². The van der Waals surface area contributed by atoms with Crippen molar-refractivity contribution in [2.75, 3.05) is 6.61 Å². The standard InChI is InChI=1S/C18H16O2/c1-2-8-15-14(5-1)11-19-12-17(15)16-9-3-6-13-7-4-10-20-18(13)16/h1-6,8-10,17H,7,11-12H2. The van der Waals surface area contributed by atoms with Gasteiger partial charge in [0.05, 0.1) is 19.5 Å². The van der Waals surface area contributed by atoms with Gasteiger partial charge in [-0.25, -0.2) is 0 Å². The van der Waals surface area contributed by atoms with Crippen LogP contribution in [0.4, 0.5) is 0 Å². The third-order valence-corrected chi connectivity index (χ3v) is 4.09. The molecule has 2 aliphatic rings. The fourth-order valence-corrected chi connectivity index (χ4v) is 3.11. The van der Waals surface area contributed by atoms with Gasteiger partial charge in [-0.3, -0.25) is 0 Å². The zero-order valence-electron chi connectivity index (χ0n) is 11.2. The van der Waals surface area contributed by atoms with Crippen LogP contribution in [0.2, 0.25) is 0 Å². The van der Waals surface area contributed by atoms with Crippen LogP contribution in [-0.2, 0) is 17.8 Å². The van der Waals surface area contributed by atoms with E-state index in [9.17, 15) is 0 Å². The van der Waals surface area contributed by atoms with E-state index < -0.39 is 0 Å². The molecular weight excluding hydrogens is 248 g/mol. The van der Waals surface area contributed by atoms with E-state index >= 15 is 0 Å². The predicted molar refractivity (Wildman–Crippen MR) is 77.9 cm³/mol. The van der Waals surface area contributed by atoms with Crippen LogP contribution in [0.1, 0.15) is 28.2 Å². The van der Waals surface area contributed by atoms with Crippen molar-refractivity contribution in [3.8, 4) is 5.75 Å². The monoisotopic (exact) mass is 264 g/mol. The molecule has 2 aromatic carbocycles. The SMILES string of the molecule is C1=COc2c(cccc2C2COCc3ccccc32)C1. The van der Waals surface area contributed by atoms with Crippen molar-refractivity contribution >= 4 is 0 Å². The highest BCUT2D eigenvalue weighted by molar-refractivity contribution is 5.51. The quantitative estimate of drug-likeness (QED) is 0.780. The highest BCUT2D eigenvalue weighted by Crippen LogP contribution is 2.39. The lowest BCUT2D eigenvalue weighted by Gasteiger charge is -2.28. The first-order valence-corrected chi connectivity index (χ1v) is 7.02. The van der Waals surface area contributed by atoms with Gasteiger partial charge in [0.15, 0.2) is 0 Å². The van der Waals surface area contributed by atoms with Crippen molar-refractivity contribution in [2.24, 2.45) is 0 Å². The highest BCUT2D eigenvalue weighted by atomic mass is 16.5. The first-order chi connectivity index (χ1) is 9.93. The molecule has 0 amide bonds. The molecule has 4 rings (SSSR count). The third kappa shape index (κ3) is 1.84. The number of hydrogen-bond donors (Lipinski definition) is 0. The lowest BCUT2D eigenvalue weighted by Crippen LogP contribution is -2.18. The summed E-state index contributed by atoms with van der Waals surface area (Å²) in [6.07, 6.45) is 4.79. The molecule has 0 aliphatic carbocycles. The van der Waals surface area contributed by atoms with Crippen LogP contribution in [0.3, 0.4) is 0 Å². The largest absolute Gasteiger partial charge is 0.465 e. The Kier molecular flexibility index (Phi) is 2.82. The fraction of sp³-hybridized carbons (Fsp3) is 0.222. The number of benzene rings is 2. The van der Waals surface area contributed by atoms with Gasteiger partial charge in [0.25, 0.3) is 0 Å². The van der Waals surface area contributed by atoms with Crippen LogP contribution in [0.5, 0.6) is 5.75 Å². The topological polar surface area (TPSA) is 18.5 Å². The Morgan fingerprint density at radius 1 is 0.900 bits per heavy atom. The van der Waals surface area contributed by atoms with Crippen molar-refractivity contribution in [1.29, 1.82) is 0 Å².